The third kappa shape index (κ3) is 12.1. The third-order valence-corrected chi connectivity index (χ3v) is 3.07. The number of hydrogen-bond acceptors (Lipinski definition) is 2. The van der Waals surface area contributed by atoms with Gasteiger partial charge >= 0.3 is 0 Å². The van der Waals surface area contributed by atoms with Gasteiger partial charge in [-0.1, -0.05) is 45.8 Å². The largest absolute Gasteiger partial charge is 0.316 e. The van der Waals surface area contributed by atoms with Crippen LogP contribution in [0.3, 0.4) is 0 Å². The summed E-state index contributed by atoms with van der Waals surface area (Å²) >= 11 is 0. The van der Waals surface area contributed by atoms with Crippen LogP contribution in [-0.4, -0.2) is 37.6 Å². The van der Waals surface area contributed by atoms with Crippen molar-refractivity contribution in [3.05, 3.63) is 12.2 Å². The zero-order valence-corrected chi connectivity index (χ0v) is 13.1. The summed E-state index contributed by atoms with van der Waals surface area (Å²) < 4.78 is 0. The van der Waals surface area contributed by atoms with Gasteiger partial charge in [-0.05, 0) is 51.9 Å². The zero-order chi connectivity index (χ0) is 13.8. The van der Waals surface area contributed by atoms with Crippen LogP contribution >= 0.6 is 0 Å². The number of unbranched alkanes of at least 4 members (excludes halogenated alkanes) is 3. The van der Waals surface area contributed by atoms with E-state index in [-0.39, 0.29) is 0 Å². The fourth-order valence-corrected chi connectivity index (χ4v) is 2.06. The Morgan fingerprint density at radius 3 is 2.39 bits per heavy atom. The van der Waals surface area contributed by atoms with Gasteiger partial charge in [-0.3, -0.25) is 4.90 Å². The van der Waals surface area contributed by atoms with Gasteiger partial charge in [-0.2, -0.15) is 0 Å². The average molecular weight is 254 g/mol. The minimum atomic E-state index is 0.769. The van der Waals surface area contributed by atoms with E-state index in [0.717, 1.165) is 25.6 Å². The summed E-state index contributed by atoms with van der Waals surface area (Å²) in [6.07, 6.45) is 5.36. The molecule has 18 heavy (non-hydrogen) atoms. The van der Waals surface area contributed by atoms with Gasteiger partial charge in [0.05, 0.1) is 0 Å². The Labute approximate surface area is 115 Å². The second-order valence-corrected chi connectivity index (χ2v) is 5.84. The molecule has 0 fully saturated rings. The van der Waals surface area contributed by atoms with Crippen LogP contribution in [0.5, 0.6) is 0 Å². The molecule has 0 atom stereocenters. The van der Waals surface area contributed by atoms with Crippen LogP contribution in [0.25, 0.3) is 0 Å². The third-order valence-electron chi connectivity index (χ3n) is 3.07. The van der Waals surface area contributed by atoms with Crippen molar-refractivity contribution in [2.24, 2.45) is 5.92 Å². The van der Waals surface area contributed by atoms with E-state index in [1.807, 2.05) is 0 Å². The zero-order valence-electron chi connectivity index (χ0n) is 13.1. The first-order valence-electron chi connectivity index (χ1n) is 7.63. The Kier molecular flexibility index (Phi) is 11.5. The lowest BCUT2D eigenvalue weighted by atomic mass is 10.1. The van der Waals surface area contributed by atoms with Crippen molar-refractivity contribution in [2.75, 3.05) is 32.7 Å². The number of hydrogen-bond donors (Lipinski definition) is 1. The lowest BCUT2D eigenvalue weighted by Gasteiger charge is -2.20. The molecule has 0 bridgehead atoms. The molecule has 0 aromatic rings. The maximum Gasteiger partial charge on any atom is 0.0187 e. The lowest BCUT2D eigenvalue weighted by molar-refractivity contribution is 0.303. The predicted octanol–water partition coefficient (Wildman–Crippen LogP) is 3.69. The summed E-state index contributed by atoms with van der Waals surface area (Å²) in [6.45, 7) is 18.6. The van der Waals surface area contributed by atoms with E-state index >= 15 is 0 Å². The van der Waals surface area contributed by atoms with Crippen LogP contribution in [0, 0.1) is 5.92 Å². The lowest BCUT2D eigenvalue weighted by Crippen LogP contribution is -2.26. The molecule has 0 aromatic carbocycles. The monoisotopic (exact) mass is 254 g/mol. The van der Waals surface area contributed by atoms with Gasteiger partial charge in [0.1, 0.15) is 0 Å². The molecule has 0 aromatic heterocycles. The van der Waals surface area contributed by atoms with E-state index < -0.39 is 0 Å². The quantitative estimate of drug-likeness (QED) is 0.422. The Morgan fingerprint density at radius 1 is 1.17 bits per heavy atom. The Hall–Kier alpha value is -0.340. The van der Waals surface area contributed by atoms with Crippen LogP contribution in [0.15, 0.2) is 12.2 Å². The molecule has 2 nitrogen and oxygen atoms in total. The second-order valence-electron chi connectivity index (χ2n) is 5.84. The summed E-state index contributed by atoms with van der Waals surface area (Å²) in [5.41, 5.74) is 1.27. The molecular weight excluding hydrogens is 220 g/mol. The molecule has 2 heteroatoms. The molecule has 0 rings (SSSR count). The van der Waals surface area contributed by atoms with Gasteiger partial charge in [-0.15, -0.1) is 0 Å². The number of likely N-dealkylation sites (N-methyl/N-ethyl adjacent to an activating group) is 1. The number of nitrogens with zero attached hydrogens (tertiary/aromatic N) is 1. The molecule has 0 unspecified atom stereocenters. The van der Waals surface area contributed by atoms with E-state index in [1.165, 1.54) is 44.3 Å². The normalized spacial score (nSPS) is 11.4. The molecule has 108 valence electrons. The summed E-state index contributed by atoms with van der Waals surface area (Å²) in [4.78, 5) is 2.49. The summed E-state index contributed by atoms with van der Waals surface area (Å²) in [6, 6.07) is 0. The van der Waals surface area contributed by atoms with Crippen LogP contribution < -0.4 is 5.32 Å². The van der Waals surface area contributed by atoms with E-state index in [4.69, 9.17) is 0 Å². The first-order chi connectivity index (χ1) is 8.56. The topological polar surface area (TPSA) is 15.3 Å². The molecule has 0 saturated carbocycles. The standard InChI is InChI=1S/C16H34N2/c1-6-18(14-16(4)5)12-10-8-7-9-11-17-13-15(2)3/h15,17H,4,6-14H2,1-3,5H3. The molecule has 1 N–H and O–H groups in total. The van der Waals surface area contributed by atoms with Gasteiger partial charge in [0.15, 0.2) is 0 Å². The average Bonchev–Trinajstić information content (AvgIpc) is 2.30. The molecule has 0 amide bonds. The number of rotatable bonds is 12. The van der Waals surface area contributed by atoms with Crippen molar-refractivity contribution in [1.29, 1.82) is 0 Å². The summed E-state index contributed by atoms with van der Waals surface area (Å²) in [5.74, 6) is 0.769. The summed E-state index contributed by atoms with van der Waals surface area (Å²) in [7, 11) is 0. The molecule has 0 radical (unpaired) electrons. The van der Waals surface area contributed by atoms with E-state index in [1.54, 1.807) is 0 Å². The molecule has 0 aliphatic rings. The van der Waals surface area contributed by atoms with Crippen molar-refractivity contribution in [3.63, 3.8) is 0 Å². The molecule has 0 spiro atoms. The maximum atomic E-state index is 3.99. The molecular formula is C16H34N2. The van der Waals surface area contributed by atoms with Gasteiger partial charge in [0.2, 0.25) is 0 Å². The van der Waals surface area contributed by atoms with Crippen LogP contribution in [0.4, 0.5) is 0 Å². The highest BCUT2D eigenvalue weighted by Gasteiger charge is 2.01. The maximum absolute atomic E-state index is 3.99. The SMILES string of the molecule is C=C(C)CN(CC)CCCCCCNCC(C)C. The highest BCUT2D eigenvalue weighted by atomic mass is 15.1. The van der Waals surface area contributed by atoms with Gasteiger partial charge < -0.3 is 5.32 Å². The Balaban J connectivity index is 3.30. The smallest absolute Gasteiger partial charge is 0.0187 e. The van der Waals surface area contributed by atoms with Crippen LogP contribution in [-0.2, 0) is 0 Å². The summed E-state index contributed by atoms with van der Waals surface area (Å²) in [5, 5.41) is 3.50. The van der Waals surface area contributed by atoms with E-state index in [9.17, 15) is 0 Å². The molecule has 0 saturated heterocycles. The molecule has 0 heterocycles. The van der Waals surface area contributed by atoms with Crippen molar-refractivity contribution < 1.29 is 0 Å². The number of nitrogens with one attached hydrogen (secondary N) is 1. The van der Waals surface area contributed by atoms with Gasteiger partial charge in [0.25, 0.3) is 0 Å². The van der Waals surface area contributed by atoms with Crippen LogP contribution in [0.2, 0.25) is 0 Å². The van der Waals surface area contributed by atoms with E-state index in [0.29, 0.717) is 0 Å². The van der Waals surface area contributed by atoms with Gasteiger partial charge in [-0.25, -0.2) is 0 Å². The molecule has 0 aliphatic heterocycles. The second kappa shape index (κ2) is 11.7. The predicted molar refractivity (Wildman–Crippen MR) is 83.1 cm³/mol. The Morgan fingerprint density at radius 2 is 1.83 bits per heavy atom. The van der Waals surface area contributed by atoms with E-state index in [2.05, 4.69) is 44.5 Å². The van der Waals surface area contributed by atoms with Crippen LogP contribution in [0.1, 0.15) is 53.4 Å². The van der Waals surface area contributed by atoms with Crippen molar-refractivity contribution in [1.82, 2.24) is 10.2 Å². The van der Waals surface area contributed by atoms with Gasteiger partial charge in [0, 0.05) is 6.54 Å². The highest BCUT2D eigenvalue weighted by Crippen LogP contribution is 2.03. The first kappa shape index (κ1) is 17.7. The van der Waals surface area contributed by atoms with Crippen molar-refractivity contribution in [2.45, 2.75) is 53.4 Å². The van der Waals surface area contributed by atoms with Crippen molar-refractivity contribution >= 4 is 0 Å². The Bertz CT molecular complexity index is 199. The fraction of sp³-hybridized carbons (Fsp3) is 0.875. The fourth-order valence-electron chi connectivity index (χ4n) is 2.06. The van der Waals surface area contributed by atoms with Crippen molar-refractivity contribution in [3.8, 4) is 0 Å². The first-order valence-corrected chi connectivity index (χ1v) is 7.63. The minimum absolute atomic E-state index is 0.769. The molecule has 0 aliphatic carbocycles. The highest BCUT2D eigenvalue weighted by molar-refractivity contribution is 4.91. The minimum Gasteiger partial charge on any atom is -0.316 e.